The Balaban J connectivity index is 1.57. The van der Waals surface area contributed by atoms with Crippen LogP contribution < -0.4 is 10.1 Å². The lowest BCUT2D eigenvalue weighted by atomic mass is 10.1. The molecular weight excluding hydrogens is 358 g/mol. The molecule has 27 heavy (non-hydrogen) atoms. The minimum absolute atomic E-state index is 0.203. The molecule has 4 nitrogen and oxygen atoms in total. The van der Waals surface area contributed by atoms with E-state index in [9.17, 15) is 4.79 Å². The summed E-state index contributed by atoms with van der Waals surface area (Å²) < 4.78 is 10.9. The second-order valence-electron chi connectivity index (χ2n) is 6.30. The summed E-state index contributed by atoms with van der Waals surface area (Å²) in [6.45, 7) is 4.68. The number of aryl methyl sites for hydroxylation is 2. The Kier molecular flexibility index (Phi) is 6.24. The number of hydrogen-bond donors (Lipinski definition) is 1. The van der Waals surface area contributed by atoms with Crippen molar-refractivity contribution in [1.82, 2.24) is 5.32 Å². The Morgan fingerprint density at radius 2 is 1.81 bits per heavy atom. The Bertz CT molecular complexity index is 913. The molecule has 1 heterocycles. The molecular formula is C22H23NO3S. The highest BCUT2D eigenvalue weighted by Crippen LogP contribution is 2.33. The van der Waals surface area contributed by atoms with Crippen molar-refractivity contribution >= 4 is 17.7 Å². The molecule has 1 amide bonds. The van der Waals surface area contributed by atoms with E-state index in [0.717, 1.165) is 22.6 Å². The van der Waals surface area contributed by atoms with Crippen LogP contribution in [0.25, 0.3) is 0 Å². The van der Waals surface area contributed by atoms with E-state index >= 15 is 0 Å². The van der Waals surface area contributed by atoms with Gasteiger partial charge in [-0.25, -0.2) is 0 Å². The van der Waals surface area contributed by atoms with Crippen LogP contribution in [0.5, 0.6) is 5.75 Å². The highest BCUT2D eigenvalue weighted by atomic mass is 32.2. The van der Waals surface area contributed by atoms with E-state index in [0.29, 0.717) is 17.4 Å². The van der Waals surface area contributed by atoms with Gasteiger partial charge in [0.05, 0.1) is 7.11 Å². The predicted octanol–water partition coefficient (Wildman–Crippen LogP) is 5.03. The fourth-order valence-electron chi connectivity index (χ4n) is 2.79. The normalized spacial score (nSPS) is 10.6. The first-order chi connectivity index (χ1) is 13.1. The largest absolute Gasteiger partial charge is 0.497 e. The first kappa shape index (κ1) is 19.1. The van der Waals surface area contributed by atoms with Crippen LogP contribution in [-0.2, 0) is 6.42 Å². The zero-order chi connectivity index (χ0) is 19.2. The molecule has 0 saturated carbocycles. The summed E-state index contributed by atoms with van der Waals surface area (Å²) in [7, 11) is 1.64. The SMILES string of the molecule is COc1cccc(CCNC(=O)c2ccc(Sc3c(C)cccc3C)o2)c1. The van der Waals surface area contributed by atoms with E-state index in [2.05, 4.69) is 31.3 Å². The molecule has 140 valence electrons. The van der Waals surface area contributed by atoms with Crippen LogP contribution in [0.2, 0.25) is 0 Å². The van der Waals surface area contributed by atoms with Crippen LogP contribution in [-0.4, -0.2) is 19.6 Å². The summed E-state index contributed by atoms with van der Waals surface area (Å²) in [5.41, 5.74) is 3.50. The fraction of sp³-hybridized carbons (Fsp3) is 0.227. The second-order valence-corrected chi connectivity index (χ2v) is 7.31. The number of amides is 1. The van der Waals surface area contributed by atoms with Crippen LogP contribution in [0.3, 0.4) is 0 Å². The number of ether oxygens (including phenoxy) is 1. The Morgan fingerprint density at radius 1 is 1.07 bits per heavy atom. The van der Waals surface area contributed by atoms with Gasteiger partial charge in [-0.2, -0.15) is 0 Å². The van der Waals surface area contributed by atoms with Gasteiger partial charge in [0.1, 0.15) is 5.75 Å². The van der Waals surface area contributed by atoms with Crippen LogP contribution in [0, 0.1) is 13.8 Å². The Labute approximate surface area is 163 Å². The number of carbonyl (C=O) groups excluding carboxylic acids is 1. The van der Waals surface area contributed by atoms with Gasteiger partial charge in [-0.3, -0.25) is 4.79 Å². The molecule has 3 rings (SSSR count). The molecule has 0 saturated heterocycles. The van der Waals surface area contributed by atoms with E-state index in [-0.39, 0.29) is 5.91 Å². The number of hydrogen-bond acceptors (Lipinski definition) is 4. The van der Waals surface area contributed by atoms with Crippen molar-refractivity contribution in [2.75, 3.05) is 13.7 Å². The number of methoxy groups -OCH3 is 1. The topological polar surface area (TPSA) is 51.5 Å². The maximum atomic E-state index is 12.3. The van der Waals surface area contributed by atoms with E-state index in [1.807, 2.05) is 36.4 Å². The number of carbonyl (C=O) groups is 1. The fourth-order valence-corrected chi connectivity index (χ4v) is 3.72. The molecule has 0 aliphatic carbocycles. The van der Waals surface area contributed by atoms with Gasteiger partial charge in [-0.05, 0) is 61.2 Å². The molecule has 5 heteroatoms. The van der Waals surface area contributed by atoms with Gasteiger partial charge in [0, 0.05) is 11.4 Å². The average molecular weight is 381 g/mol. The van der Waals surface area contributed by atoms with Crippen LogP contribution in [0.4, 0.5) is 0 Å². The molecule has 0 radical (unpaired) electrons. The third-order valence-corrected chi connectivity index (χ3v) is 5.52. The number of nitrogens with one attached hydrogen (secondary N) is 1. The maximum Gasteiger partial charge on any atom is 0.287 e. The smallest absolute Gasteiger partial charge is 0.287 e. The number of furan rings is 1. The number of rotatable bonds is 7. The summed E-state index contributed by atoms with van der Waals surface area (Å²) >= 11 is 1.54. The van der Waals surface area contributed by atoms with E-state index in [1.54, 1.807) is 24.9 Å². The van der Waals surface area contributed by atoms with Crippen molar-refractivity contribution in [2.24, 2.45) is 0 Å². The minimum Gasteiger partial charge on any atom is -0.497 e. The molecule has 0 spiro atoms. The van der Waals surface area contributed by atoms with Gasteiger partial charge in [0.15, 0.2) is 10.9 Å². The van der Waals surface area contributed by atoms with Crippen LogP contribution >= 0.6 is 11.8 Å². The summed E-state index contributed by atoms with van der Waals surface area (Å²) in [4.78, 5) is 13.5. The molecule has 2 aromatic carbocycles. The summed E-state index contributed by atoms with van der Waals surface area (Å²) in [5.74, 6) is 0.943. The molecule has 0 atom stereocenters. The highest BCUT2D eigenvalue weighted by molar-refractivity contribution is 7.99. The first-order valence-corrected chi connectivity index (χ1v) is 9.63. The Hall–Kier alpha value is -2.66. The van der Waals surface area contributed by atoms with Gasteiger partial charge in [-0.15, -0.1) is 0 Å². The standard InChI is InChI=1S/C22H23NO3S/c1-15-6-4-7-16(2)21(15)27-20-11-10-19(26-20)22(24)23-13-12-17-8-5-9-18(14-17)25-3/h4-11,14H,12-13H2,1-3H3,(H,23,24). The molecule has 1 aromatic heterocycles. The lowest BCUT2D eigenvalue weighted by Crippen LogP contribution is -2.25. The molecule has 3 aromatic rings. The molecule has 0 fully saturated rings. The van der Waals surface area contributed by atoms with Gasteiger partial charge < -0.3 is 14.5 Å². The molecule has 1 N–H and O–H groups in total. The van der Waals surface area contributed by atoms with Gasteiger partial charge >= 0.3 is 0 Å². The van der Waals surface area contributed by atoms with Gasteiger partial charge in [0.2, 0.25) is 0 Å². The van der Waals surface area contributed by atoms with E-state index < -0.39 is 0 Å². The van der Waals surface area contributed by atoms with Crippen molar-refractivity contribution in [1.29, 1.82) is 0 Å². The monoisotopic (exact) mass is 381 g/mol. The summed E-state index contributed by atoms with van der Waals surface area (Å²) in [5, 5.41) is 3.62. The van der Waals surface area contributed by atoms with E-state index in [1.165, 1.54) is 11.1 Å². The molecule has 0 unspecified atom stereocenters. The zero-order valence-corrected chi connectivity index (χ0v) is 16.6. The van der Waals surface area contributed by atoms with Crippen LogP contribution in [0.1, 0.15) is 27.2 Å². The molecule has 0 aliphatic rings. The van der Waals surface area contributed by atoms with Crippen molar-refractivity contribution in [3.63, 3.8) is 0 Å². The second kappa shape index (κ2) is 8.82. The van der Waals surface area contributed by atoms with Crippen LogP contribution in [0.15, 0.2) is 69.0 Å². The third-order valence-electron chi connectivity index (χ3n) is 4.25. The van der Waals surface area contributed by atoms with Crippen molar-refractivity contribution in [3.05, 3.63) is 77.0 Å². The first-order valence-electron chi connectivity index (χ1n) is 8.82. The van der Waals surface area contributed by atoms with Crippen molar-refractivity contribution < 1.29 is 13.9 Å². The zero-order valence-electron chi connectivity index (χ0n) is 15.7. The van der Waals surface area contributed by atoms with Crippen molar-refractivity contribution in [2.45, 2.75) is 30.3 Å². The summed E-state index contributed by atoms with van der Waals surface area (Å²) in [6, 6.07) is 17.6. The van der Waals surface area contributed by atoms with Crippen molar-refractivity contribution in [3.8, 4) is 5.75 Å². The highest BCUT2D eigenvalue weighted by Gasteiger charge is 2.13. The third kappa shape index (κ3) is 4.95. The van der Waals surface area contributed by atoms with E-state index in [4.69, 9.17) is 9.15 Å². The molecule has 0 bridgehead atoms. The lowest BCUT2D eigenvalue weighted by molar-refractivity contribution is 0.0921. The summed E-state index contributed by atoms with van der Waals surface area (Å²) in [6.07, 6.45) is 0.730. The lowest BCUT2D eigenvalue weighted by Gasteiger charge is -2.07. The maximum absolute atomic E-state index is 12.3. The minimum atomic E-state index is -0.203. The average Bonchev–Trinajstić information content (AvgIpc) is 3.14. The van der Waals surface area contributed by atoms with Gasteiger partial charge in [0.25, 0.3) is 5.91 Å². The molecule has 0 aliphatic heterocycles. The van der Waals surface area contributed by atoms with Gasteiger partial charge in [-0.1, -0.05) is 42.1 Å². The predicted molar refractivity (Wildman–Crippen MR) is 108 cm³/mol. The number of benzene rings is 2. The Morgan fingerprint density at radius 3 is 2.56 bits per heavy atom. The quantitative estimate of drug-likeness (QED) is 0.624.